The highest BCUT2D eigenvalue weighted by Crippen LogP contribution is 2.45. The summed E-state index contributed by atoms with van der Waals surface area (Å²) in [5.74, 6) is 3.01. The third-order valence-corrected chi connectivity index (χ3v) is 7.28. The van der Waals surface area contributed by atoms with E-state index in [-0.39, 0.29) is 0 Å². The van der Waals surface area contributed by atoms with Crippen LogP contribution in [-0.2, 0) is 0 Å². The van der Waals surface area contributed by atoms with Crippen LogP contribution in [0.1, 0.15) is 104 Å². The van der Waals surface area contributed by atoms with Crippen molar-refractivity contribution in [1.29, 1.82) is 0 Å². The lowest BCUT2D eigenvalue weighted by atomic mass is 9.65. The van der Waals surface area contributed by atoms with Crippen LogP contribution in [0.4, 0.5) is 0 Å². The minimum absolute atomic E-state index is 0.595. The van der Waals surface area contributed by atoms with Gasteiger partial charge in [-0.3, -0.25) is 0 Å². The molecular formula is C27H44. The fourth-order valence-corrected chi connectivity index (χ4v) is 5.47. The Bertz CT molecular complexity index is 526. The van der Waals surface area contributed by atoms with E-state index < -0.39 is 0 Å². The molecule has 0 nitrogen and oxygen atoms in total. The Balaban J connectivity index is 0.000000244. The average molecular weight is 369 g/mol. The predicted molar refractivity (Wildman–Crippen MR) is 122 cm³/mol. The number of hydrogen-bond acceptors (Lipinski definition) is 0. The van der Waals surface area contributed by atoms with Gasteiger partial charge in [0.2, 0.25) is 0 Å². The second-order valence-electron chi connectivity index (χ2n) is 10.0. The van der Waals surface area contributed by atoms with Crippen LogP contribution < -0.4 is 0 Å². The molecule has 0 aliphatic heterocycles. The van der Waals surface area contributed by atoms with Crippen LogP contribution in [-0.4, -0.2) is 0 Å². The first-order chi connectivity index (χ1) is 12.9. The fourth-order valence-electron chi connectivity index (χ4n) is 5.47. The molecule has 0 N–H and O–H groups in total. The number of hydrogen-bond donors (Lipinski definition) is 0. The van der Waals surface area contributed by atoms with Gasteiger partial charge < -0.3 is 0 Å². The van der Waals surface area contributed by atoms with Gasteiger partial charge in [-0.1, -0.05) is 115 Å². The molecule has 0 spiro atoms. The van der Waals surface area contributed by atoms with Crippen molar-refractivity contribution in [2.45, 2.75) is 98.3 Å². The monoisotopic (exact) mass is 368 g/mol. The average Bonchev–Trinajstić information content (AvgIpc) is 2.70. The second kappa shape index (κ2) is 11.1. The van der Waals surface area contributed by atoms with Crippen molar-refractivity contribution in [3.63, 3.8) is 0 Å². The molecule has 0 amide bonds. The van der Waals surface area contributed by atoms with E-state index in [1.54, 1.807) is 0 Å². The summed E-state index contributed by atoms with van der Waals surface area (Å²) < 4.78 is 0. The molecular weight excluding hydrogens is 324 g/mol. The first kappa shape index (κ1) is 22.3. The van der Waals surface area contributed by atoms with Gasteiger partial charge in [0, 0.05) is 0 Å². The molecule has 2 fully saturated rings. The van der Waals surface area contributed by atoms with E-state index in [2.05, 4.69) is 39.5 Å². The molecule has 0 heteroatoms. The summed E-state index contributed by atoms with van der Waals surface area (Å²) in [6.07, 6.45) is 16.5. The number of benzene rings is 1. The molecule has 1 aromatic carbocycles. The maximum Gasteiger partial charge on any atom is -0.0233 e. The summed E-state index contributed by atoms with van der Waals surface area (Å²) in [6.45, 7) is 13.5. The van der Waals surface area contributed by atoms with E-state index in [4.69, 9.17) is 0 Å². The van der Waals surface area contributed by atoms with Crippen molar-refractivity contribution in [2.24, 2.45) is 23.2 Å². The SMILES string of the molecule is C=C(C)c1ccccc1.CC(CC(C)(C)C1CCCCC1)C1CCCCC1. The molecule has 0 heterocycles. The van der Waals surface area contributed by atoms with Gasteiger partial charge in [-0.05, 0) is 54.9 Å². The Kier molecular flexibility index (Phi) is 9.13. The summed E-state index contributed by atoms with van der Waals surface area (Å²) >= 11 is 0. The summed E-state index contributed by atoms with van der Waals surface area (Å²) in [7, 11) is 0. The smallest absolute Gasteiger partial charge is 0.0233 e. The Labute approximate surface area is 169 Å². The Morgan fingerprint density at radius 3 is 1.93 bits per heavy atom. The van der Waals surface area contributed by atoms with Crippen molar-refractivity contribution in [2.75, 3.05) is 0 Å². The van der Waals surface area contributed by atoms with Crippen LogP contribution in [0, 0.1) is 23.2 Å². The van der Waals surface area contributed by atoms with Crippen molar-refractivity contribution in [3.05, 3.63) is 42.5 Å². The summed E-state index contributed by atoms with van der Waals surface area (Å²) in [4.78, 5) is 0. The number of allylic oxidation sites excluding steroid dienone is 1. The largest absolute Gasteiger partial charge is 0.0955 e. The Morgan fingerprint density at radius 2 is 1.44 bits per heavy atom. The Morgan fingerprint density at radius 1 is 0.926 bits per heavy atom. The van der Waals surface area contributed by atoms with E-state index >= 15 is 0 Å². The van der Waals surface area contributed by atoms with Gasteiger partial charge in [0.05, 0.1) is 0 Å². The van der Waals surface area contributed by atoms with E-state index in [0.717, 1.165) is 23.3 Å². The molecule has 3 rings (SSSR count). The molecule has 0 radical (unpaired) electrons. The van der Waals surface area contributed by atoms with Crippen LogP contribution in [0.15, 0.2) is 36.9 Å². The highest BCUT2D eigenvalue weighted by molar-refractivity contribution is 5.60. The molecule has 27 heavy (non-hydrogen) atoms. The zero-order valence-corrected chi connectivity index (χ0v) is 18.6. The van der Waals surface area contributed by atoms with E-state index in [1.165, 1.54) is 76.2 Å². The summed E-state index contributed by atoms with van der Waals surface area (Å²) in [6, 6.07) is 10.2. The maximum atomic E-state index is 3.83. The Hall–Kier alpha value is -1.04. The lowest BCUT2D eigenvalue weighted by molar-refractivity contribution is 0.0996. The quantitative estimate of drug-likeness (QED) is 0.486. The minimum atomic E-state index is 0.595. The van der Waals surface area contributed by atoms with Crippen molar-refractivity contribution >= 4 is 5.57 Å². The van der Waals surface area contributed by atoms with Gasteiger partial charge in [0.15, 0.2) is 0 Å². The summed E-state index contributed by atoms with van der Waals surface area (Å²) in [5.41, 5.74) is 2.94. The summed E-state index contributed by atoms with van der Waals surface area (Å²) in [5, 5.41) is 0. The van der Waals surface area contributed by atoms with Gasteiger partial charge in [-0.25, -0.2) is 0 Å². The molecule has 2 aliphatic rings. The van der Waals surface area contributed by atoms with Crippen molar-refractivity contribution in [1.82, 2.24) is 0 Å². The second-order valence-corrected chi connectivity index (χ2v) is 10.0. The molecule has 0 bridgehead atoms. The van der Waals surface area contributed by atoms with Crippen molar-refractivity contribution in [3.8, 4) is 0 Å². The zero-order chi connectivity index (χ0) is 19.7. The molecule has 1 unspecified atom stereocenters. The molecule has 2 saturated carbocycles. The molecule has 0 saturated heterocycles. The van der Waals surface area contributed by atoms with Crippen LogP contribution in [0.25, 0.3) is 5.57 Å². The molecule has 0 aromatic heterocycles. The van der Waals surface area contributed by atoms with Crippen LogP contribution in [0.5, 0.6) is 0 Å². The molecule has 1 aromatic rings. The molecule has 152 valence electrons. The third kappa shape index (κ3) is 7.47. The van der Waals surface area contributed by atoms with Crippen LogP contribution in [0.3, 0.4) is 0 Å². The van der Waals surface area contributed by atoms with E-state index in [9.17, 15) is 0 Å². The first-order valence-electron chi connectivity index (χ1n) is 11.6. The van der Waals surface area contributed by atoms with Crippen LogP contribution in [0.2, 0.25) is 0 Å². The maximum absolute atomic E-state index is 3.83. The highest BCUT2D eigenvalue weighted by Gasteiger charge is 2.33. The third-order valence-electron chi connectivity index (χ3n) is 7.28. The topological polar surface area (TPSA) is 0 Å². The van der Waals surface area contributed by atoms with E-state index in [0.29, 0.717) is 5.41 Å². The van der Waals surface area contributed by atoms with E-state index in [1.807, 2.05) is 25.1 Å². The lowest BCUT2D eigenvalue weighted by Gasteiger charge is -2.41. The number of rotatable bonds is 5. The fraction of sp³-hybridized carbons (Fsp3) is 0.704. The van der Waals surface area contributed by atoms with Gasteiger partial charge in [0.25, 0.3) is 0 Å². The standard InChI is InChI=1S/C18H34.C9H10/c1-15(16-10-6-4-7-11-16)14-18(2,3)17-12-8-5-9-13-17;1-8(2)9-6-4-3-5-7-9/h15-17H,4-14H2,1-3H3;3-7H,1H2,2H3. The lowest BCUT2D eigenvalue weighted by Crippen LogP contribution is -2.30. The molecule has 1 atom stereocenters. The zero-order valence-electron chi connectivity index (χ0n) is 18.6. The predicted octanol–water partition coefficient (Wildman–Crippen LogP) is 8.92. The normalized spacial score (nSPS) is 20.4. The van der Waals surface area contributed by atoms with Gasteiger partial charge >= 0.3 is 0 Å². The van der Waals surface area contributed by atoms with Crippen molar-refractivity contribution < 1.29 is 0 Å². The first-order valence-corrected chi connectivity index (χ1v) is 11.6. The molecule has 2 aliphatic carbocycles. The van der Waals surface area contributed by atoms with Gasteiger partial charge in [0.1, 0.15) is 0 Å². The van der Waals surface area contributed by atoms with Gasteiger partial charge in [-0.15, -0.1) is 0 Å². The highest BCUT2D eigenvalue weighted by atomic mass is 14.4. The van der Waals surface area contributed by atoms with Crippen LogP contribution >= 0.6 is 0 Å². The minimum Gasteiger partial charge on any atom is -0.0955 e. The van der Waals surface area contributed by atoms with Gasteiger partial charge in [-0.2, -0.15) is 0 Å².